The number of thiocarbonyl (C=S) groups is 1. The molecular formula is C29H29F3N2O6S. The number of nitrogens with zero attached hydrogens (tertiary/aromatic N) is 1. The van der Waals surface area contributed by atoms with Crippen molar-refractivity contribution < 1.29 is 41.7 Å². The van der Waals surface area contributed by atoms with Crippen molar-refractivity contribution in [3.05, 3.63) is 77.4 Å². The van der Waals surface area contributed by atoms with E-state index in [-0.39, 0.29) is 25.0 Å². The summed E-state index contributed by atoms with van der Waals surface area (Å²) < 4.78 is 63.7. The van der Waals surface area contributed by atoms with Gasteiger partial charge in [0.1, 0.15) is 18.1 Å². The number of nitrogens with one attached hydrogen (secondary N) is 1. The Morgan fingerprint density at radius 3 is 2.24 bits per heavy atom. The molecule has 218 valence electrons. The highest BCUT2D eigenvalue weighted by Crippen LogP contribution is 2.39. The molecule has 1 aliphatic heterocycles. The molecule has 4 rings (SSSR count). The number of carbonyl (C=O) groups is 1. The smallest absolute Gasteiger partial charge is 0.493 e. The second-order valence-electron chi connectivity index (χ2n) is 8.92. The summed E-state index contributed by atoms with van der Waals surface area (Å²) in [7, 11) is 3.13. The number of halogens is 3. The molecule has 1 N–H and O–H groups in total. The average Bonchev–Trinajstić information content (AvgIpc) is 2.95. The van der Waals surface area contributed by atoms with Gasteiger partial charge < -0.3 is 33.9 Å². The Labute approximate surface area is 240 Å². The lowest BCUT2D eigenvalue weighted by Crippen LogP contribution is -2.44. The van der Waals surface area contributed by atoms with Crippen molar-refractivity contribution in [1.29, 1.82) is 0 Å². The molecule has 0 aliphatic carbocycles. The zero-order valence-electron chi connectivity index (χ0n) is 22.6. The van der Waals surface area contributed by atoms with Crippen LogP contribution >= 0.6 is 12.2 Å². The van der Waals surface area contributed by atoms with Crippen LogP contribution in [0.25, 0.3) is 0 Å². The van der Waals surface area contributed by atoms with Crippen LogP contribution in [0.5, 0.6) is 23.0 Å². The number of ether oxygens (including phenoxy) is 5. The van der Waals surface area contributed by atoms with Crippen molar-refractivity contribution in [2.45, 2.75) is 25.7 Å². The van der Waals surface area contributed by atoms with Crippen molar-refractivity contribution in [1.82, 2.24) is 4.90 Å². The lowest BCUT2D eigenvalue weighted by Gasteiger charge is -2.39. The first-order chi connectivity index (χ1) is 19.6. The second-order valence-corrected chi connectivity index (χ2v) is 9.31. The predicted molar refractivity (Wildman–Crippen MR) is 150 cm³/mol. The van der Waals surface area contributed by atoms with Crippen LogP contribution in [0.3, 0.4) is 0 Å². The Balaban J connectivity index is 1.56. The molecule has 1 heterocycles. The van der Waals surface area contributed by atoms with Gasteiger partial charge in [-0.25, -0.2) is 4.79 Å². The van der Waals surface area contributed by atoms with Crippen LogP contribution < -0.4 is 24.3 Å². The fourth-order valence-electron chi connectivity index (χ4n) is 4.46. The number of hydrogen-bond donors (Lipinski definition) is 1. The third-order valence-corrected chi connectivity index (χ3v) is 6.71. The number of hydrogen-bond acceptors (Lipinski definition) is 7. The predicted octanol–water partition coefficient (Wildman–Crippen LogP) is 6.15. The molecule has 41 heavy (non-hydrogen) atoms. The Bertz CT molecular complexity index is 1370. The molecule has 1 atom stereocenters. The van der Waals surface area contributed by atoms with E-state index in [2.05, 4.69) is 10.1 Å². The van der Waals surface area contributed by atoms with Gasteiger partial charge in [-0.3, -0.25) is 0 Å². The monoisotopic (exact) mass is 590 g/mol. The van der Waals surface area contributed by atoms with Gasteiger partial charge in [-0.05, 0) is 97.4 Å². The van der Waals surface area contributed by atoms with Crippen LogP contribution in [0.2, 0.25) is 0 Å². The highest BCUT2D eigenvalue weighted by Gasteiger charge is 2.32. The molecule has 12 heteroatoms. The molecule has 0 amide bonds. The van der Waals surface area contributed by atoms with Crippen LogP contribution in [-0.4, -0.2) is 56.3 Å². The normalized spacial score (nSPS) is 14.5. The highest BCUT2D eigenvalue weighted by atomic mass is 32.1. The fraction of sp³-hybridized carbons (Fsp3) is 0.310. The maximum Gasteiger partial charge on any atom is 0.573 e. The maximum absolute atomic E-state index is 12.5. The number of benzene rings is 3. The molecule has 0 radical (unpaired) electrons. The van der Waals surface area contributed by atoms with E-state index >= 15 is 0 Å². The average molecular weight is 591 g/mol. The lowest BCUT2D eigenvalue weighted by molar-refractivity contribution is -0.274. The summed E-state index contributed by atoms with van der Waals surface area (Å²) in [4.78, 5) is 13.9. The molecule has 3 aromatic carbocycles. The first-order valence-electron chi connectivity index (χ1n) is 12.7. The van der Waals surface area contributed by atoms with E-state index in [1.807, 2.05) is 17.0 Å². The van der Waals surface area contributed by atoms with Gasteiger partial charge in [0.25, 0.3) is 0 Å². The van der Waals surface area contributed by atoms with Gasteiger partial charge in [-0.1, -0.05) is 0 Å². The SMILES string of the molecule is CCOC(=O)c1ccc(OC[C@@H]2c3cc(OC)c(OC)cc3CCN2C(=S)Nc2ccc(OC(F)(F)F)cc2)cc1. The molecule has 8 nitrogen and oxygen atoms in total. The van der Waals surface area contributed by atoms with E-state index in [9.17, 15) is 18.0 Å². The van der Waals surface area contributed by atoms with Gasteiger partial charge >= 0.3 is 12.3 Å². The topological polar surface area (TPSA) is 78.5 Å². The zero-order chi connectivity index (χ0) is 29.6. The van der Waals surface area contributed by atoms with Gasteiger partial charge in [-0.15, -0.1) is 13.2 Å². The molecule has 0 saturated carbocycles. The number of rotatable bonds is 9. The molecule has 1 aliphatic rings. The standard InChI is InChI=1S/C29H29F3N2O6S/c1-4-38-27(35)18-5-9-21(10-6-18)39-17-24-23-16-26(37-3)25(36-2)15-19(23)13-14-34(24)28(41)33-20-7-11-22(12-8-20)40-29(30,31)32/h5-12,15-16,24H,4,13-14,17H2,1-3H3,(H,33,41)/t24-/m1/s1. The van der Waals surface area contributed by atoms with Crippen molar-refractivity contribution in [2.75, 3.05) is 39.3 Å². The summed E-state index contributed by atoms with van der Waals surface area (Å²) in [5, 5.41) is 3.46. The van der Waals surface area contributed by atoms with Gasteiger partial charge in [0.15, 0.2) is 16.6 Å². The van der Waals surface area contributed by atoms with Crippen molar-refractivity contribution in [2.24, 2.45) is 0 Å². The summed E-state index contributed by atoms with van der Waals surface area (Å²) >= 11 is 5.73. The minimum absolute atomic E-state index is 0.196. The number of alkyl halides is 3. The molecule has 3 aromatic rings. The van der Waals surface area contributed by atoms with E-state index in [4.69, 9.17) is 31.2 Å². The number of fused-ring (bicyclic) bond motifs is 1. The number of esters is 1. The maximum atomic E-state index is 12.5. The number of methoxy groups -OCH3 is 2. The number of carbonyl (C=O) groups excluding carboxylic acids is 1. The second kappa shape index (κ2) is 13.0. The Morgan fingerprint density at radius 2 is 1.63 bits per heavy atom. The minimum Gasteiger partial charge on any atom is -0.493 e. The van der Waals surface area contributed by atoms with Gasteiger partial charge in [-0.2, -0.15) is 0 Å². The highest BCUT2D eigenvalue weighted by molar-refractivity contribution is 7.80. The molecule has 0 aromatic heterocycles. The quantitative estimate of drug-likeness (QED) is 0.233. The molecule has 0 spiro atoms. The van der Waals surface area contributed by atoms with Crippen LogP contribution in [0, 0.1) is 0 Å². The Morgan fingerprint density at radius 1 is 1.00 bits per heavy atom. The van der Waals surface area contributed by atoms with Gasteiger partial charge in [0.2, 0.25) is 0 Å². The summed E-state index contributed by atoms with van der Waals surface area (Å²) in [6, 6.07) is 15.4. The van der Waals surface area contributed by atoms with E-state index < -0.39 is 12.3 Å². The first kappa shape index (κ1) is 29.8. The van der Waals surface area contributed by atoms with E-state index in [1.165, 1.54) is 24.3 Å². The summed E-state index contributed by atoms with van der Waals surface area (Å²) in [5.74, 6) is 0.959. The van der Waals surface area contributed by atoms with Crippen LogP contribution in [0.1, 0.15) is 34.5 Å². The molecular weight excluding hydrogens is 561 g/mol. The van der Waals surface area contributed by atoms with Gasteiger partial charge in [0, 0.05) is 12.2 Å². The first-order valence-corrected chi connectivity index (χ1v) is 13.1. The van der Waals surface area contributed by atoms with E-state index in [1.54, 1.807) is 45.4 Å². The largest absolute Gasteiger partial charge is 0.573 e. The third-order valence-electron chi connectivity index (χ3n) is 6.38. The summed E-state index contributed by atoms with van der Waals surface area (Å²) in [6.45, 7) is 2.76. The summed E-state index contributed by atoms with van der Waals surface area (Å²) in [6.07, 6.45) is -4.12. The summed E-state index contributed by atoms with van der Waals surface area (Å²) in [5.41, 5.74) is 2.88. The van der Waals surface area contributed by atoms with Crippen LogP contribution in [0.15, 0.2) is 60.7 Å². The van der Waals surface area contributed by atoms with Gasteiger partial charge in [0.05, 0.1) is 32.4 Å². The van der Waals surface area contributed by atoms with Crippen molar-refractivity contribution >= 4 is 29.0 Å². The molecule has 0 unspecified atom stereocenters. The lowest BCUT2D eigenvalue weighted by atomic mass is 9.92. The Hall–Kier alpha value is -4.19. The zero-order valence-corrected chi connectivity index (χ0v) is 23.4. The van der Waals surface area contributed by atoms with Crippen molar-refractivity contribution in [3.8, 4) is 23.0 Å². The molecule has 0 saturated heterocycles. The third kappa shape index (κ3) is 7.51. The van der Waals surface area contributed by atoms with E-state index in [0.29, 0.717) is 46.6 Å². The fourth-order valence-corrected chi connectivity index (χ4v) is 4.80. The molecule has 0 fully saturated rings. The minimum atomic E-state index is -4.78. The Kier molecular flexibility index (Phi) is 9.43. The number of anilines is 1. The van der Waals surface area contributed by atoms with E-state index in [0.717, 1.165) is 11.1 Å². The van der Waals surface area contributed by atoms with Crippen molar-refractivity contribution in [3.63, 3.8) is 0 Å². The molecule has 0 bridgehead atoms. The van der Waals surface area contributed by atoms with Crippen LogP contribution in [0.4, 0.5) is 18.9 Å². The van der Waals surface area contributed by atoms with Crippen LogP contribution in [-0.2, 0) is 11.2 Å².